The lowest BCUT2D eigenvalue weighted by molar-refractivity contribution is 0.669. The fraction of sp³-hybridized carbons (Fsp3) is 0.0889. The van der Waals surface area contributed by atoms with Gasteiger partial charge in [0.1, 0.15) is 11.2 Å². The number of nitrogens with zero attached hydrogens (tertiary/aromatic N) is 3. The molecule has 4 nitrogen and oxygen atoms in total. The van der Waals surface area contributed by atoms with Crippen LogP contribution < -0.4 is 0 Å². The summed E-state index contributed by atoms with van der Waals surface area (Å²) in [4.78, 5) is 15.4. The first-order valence-electron chi connectivity index (χ1n) is 17.0. The molecule has 6 aromatic carbocycles. The van der Waals surface area contributed by atoms with Gasteiger partial charge in [0.25, 0.3) is 0 Å². The molecule has 0 saturated carbocycles. The summed E-state index contributed by atoms with van der Waals surface area (Å²) in [6.07, 6.45) is 8.99. The number of hydrogen-bond acceptors (Lipinski definition) is 4. The zero-order chi connectivity index (χ0) is 32.3. The fourth-order valence-corrected chi connectivity index (χ4v) is 7.82. The molecule has 49 heavy (non-hydrogen) atoms. The second-order valence-corrected chi connectivity index (χ2v) is 13.0. The van der Waals surface area contributed by atoms with E-state index >= 15 is 0 Å². The number of aromatic nitrogens is 3. The van der Waals surface area contributed by atoms with Gasteiger partial charge in [0.05, 0.1) is 0 Å². The predicted molar refractivity (Wildman–Crippen MR) is 200 cm³/mol. The van der Waals surface area contributed by atoms with E-state index in [9.17, 15) is 0 Å². The molecule has 0 bridgehead atoms. The molecule has 2 heterocycles. The molecule has 0 atom stereocenters. The van der Waals surface area contributed by atoms with Crippen LogP contribution in [0.25, 0.3) is 83.6 Å². The highest BCUT2D eigenvalue weighted by Gasteiger charge is 2.22. The molecular weight excluding hydrogens is 599 g/mol. The van der Waals surface area contributed by atoms with Gasteiger partial charge in [-0.25, -0.2) is 15.0 Å². The minimum Gasteiger partial charge on any atom is -0.456 e. The zero-order valence-corrected chi connectivity index (χ0v) is 26.9. The van der Waals surface area contributed by atoms with E-state index in [-0.39, 0.29) is 0 Å². The summed E-state index contributed by atoms with van der Waals surface area (Å²) >= 11 is 0. The lowest BCUT2D eigenvalue weighted by atomic mass is 9.80. The van der Waals surface area contributed by atoms with Crippen molar-refractivity contribution in [2.75, 3.05) is 0 Å². The number of para-hydroxylation sites is 1. The van der Waals surface area contributed by atoms with Crippen LogP contribution in [0.15, 0.2) is 150 Å². The highest BCUT2D eigenvalue weighted by atomic mass is 16.3. The van der Waals surface area contributed by atoms with Gasteiger partial charge in [0.15, 0.2) is 17.5 Å². The van der Waals surface area contributed by atoms with E-state index in [1.807, 2.05) is 30.3 Å². The molecule has 0 fully saturated rings. The number of aryl methyl sites for hydroxylation is 1. The Morgan fingerprint density at radius 2 is 1.16 bits per heavy atom. The molecule has 0 amide bonds. The molecule has 0 radical (unpaired) electrons. The van der Waals surface area contributed by atoms with Crippen molar-refractivity contribution in [3.63, 3.8) is 0 Å². The van der Waals surface area contributed by atoms with E-state index in [2.05, 4.69) is 109 Å². The maximum Gasteiger partial charge on any atom is 0.164 e. The second-order valence-electron chi connectivity index (χ2n) is 13.0. The molecule has 0 N–H and O–H groups in total. The third-order valence-electron chi connectivity index (χ3n) is 10.1. The van der Waals surface area contributed by atoms with Gasteiger partial charge in [-0.05, 0) is 88.1 Å². The van der Waals surface area contributed by atoms with Gasteiger partial charge in [-0.2, -0.15) is 0 Å². The maximum atomic E-state index is 6.26. The molecule has 4 heteroatoms. The van der Waals surface area contributed by atoms with E-state index in [1.165, 1.54) is 22.3 Å². The Morgan fingerprint density at radius 1 is 0.469 bits per heavy atom. The van der Waals surface area contributed by atoms with Gasteiger partial charge in [0, 0.05) is 27.5 Å². The summed E-state index contributed by atoms with van der Waals surface area (Å²) in [5.74, 6) is 2.02. The van der Waals surface area contributed by atoms with E-state index < -0.39 is 0 Å². The Hall–Kier alpha value is -6.13. The van der Waals surface area contributed by atoms with Gasteiger partial charge in [-0.1, -0.05) is 121 Å². The SMILES string of the molecule is C1=CC2=C(CC1)c1cc(-c3nc(-c4ccccc4)nc(-c4cccc5c(-c6cccc7oc8ccccc8c67)cccc45)n3)ccc1CC2. The number of hydrogen-bond donors (Lipinski definition) is 0. The molecule has 2 aromatic heterocycles. The fourth-order valence-electron chi connectivity index (χ4n) is 7.82. The van der Waals surface area contributed by atoms with E-state index in [4.69, 9.17) is 19.4 Å². The molecule has 0 spiro atoms. The van der Waals surface area contributed by atoms with Crippen LogP contribution in [0.4, 0.5) is 0 Å². The molecule has 0 saturated heterocycles. The average Bonchev–Trinajstić information content (AvgIpc) is 3.56. The van der Waals surface area contributed by atoms with Crippen molar-refractivity contribution < 1.29 is 4.42 Å². The summed E-state index contributed by atoms with van der Waals surface area (Å²) in [6.45, 7) is 0. The summed E-state index contributed by atoms with van der Waals surface area (Å²) in [5, 5.41) is 4.48. The molecule has 232 valence electrons. The first-order valence-corrected chi connectivity index (χ1v) is 17.0. The minimum absolute atomic E-state index is 0.664. The summed E-state index contributed by atoms with van der Waals surface area (Å²) in [7, 11) is 0. The quantitative estimate of drug-likeness (QED) is 0.194. The summed E-state index contributed by atoms with van der Waals surface area (Å²) < 4.78 is 6.26. The Morgan fingerprint density at radius 3 is 2.06 bits per heavy atom. The smallest absolute Gasteiger partial charge is 0.164 e. The molecule has 2 aliphatic carbocycles. The molecule has 10 rings (SSSR count). The Kier molecular flexibility index (Phi) is 6.41. The van der Waals surface area contributed by atoms with Crippen LogP contribution >= 0.6 is 0 Å². The van der Waals surface area contributed by atoms with E-state index in [0.29, 0.717) is 17.5 Å². The highest BCUT2D eigenvalue weighted by Crippen LogP contribution is 2.42. The summed E-state index contributed by atoms with van der Waals surface area (Å²) in [6, 6.07) is 44.6. The topological polar surface area (TPSA) is 51.8 Å². The third kappa shape index (κ3) is 4.63. The molecule has 0 aliphatic heterocycles. The number of rotatable bonds is 4. The Balaban J connectivity index is 1.17. The summed E-state index contributed by atoms with van der Waals surface area (Å²) in [5.41, 5.74) is 12.7. The van der Waals surface area contributed by atoms with Crippen LogP contribution in [0.2, 0.25) is 0 Å². The van der Waals surface area contributed by atoms with Gasteiger partial charge < -0.3 is 4.42 Å². The van der Waals surface area contributed by atoms with Gasteiger partial charge in [-0.3, -0.25) is 0 Å². The van der Waals surface area contributed by atoms with Crippen LogP contribution in [0.1, 0.15) is 30.4 Å². The molecule has 2 aliphatic rings. The standard InChI is InChI=1S/C45H31N3O/c1-2-12-30(13-3-1)43-46-44(31-26-25-29-24-23-28-11-4-5-14-32(28)39(29)27-31)48-45(47-43)37-20-9-16-33-34(17-8-18-35(33)37)36-19-10-22-41-42(36)38-15-6-7-21-40(38)49-41/h1-4,6-13,15-22,25-27H,5,14,23-24H2. The number of furan rings is 1. The molecule has 8 aromatic rings. The number of benzene rings is 6. The van der Waals surface area contributed by atoms with Crippen molar-refractivity contribution in [1.82, 2.24) is 15.0 Å². The van der Waals surface area contributed by atoms with Crippen molar-refractivity contribution >= 4 is 38.3 Å². The lowest BCUT2D eigenvalue weighted by Gasteiger charge is -2.25. The van der Waals surface area contributed by atoms with Crippen LogP contribution in [0, 0.1) is 0 Å². The van der Waals surface area contributed by atoms with Crippen molar-refractivity contribution in [3.05, 3.63) is 156 Å². The third-order valence-corrected chi connectivity index (χ3v) is 10.1. The van der Waals surface area contributed by atoms with Gasteiger partial charge >= 0.3 is 0 Å². The predicted octanol–water partition coefficient (Wildman–Crippen LogP) is 11.6. The largest absolute Gasteiger partial charge is 0.456 e. The number of allylic oxidation sites excluding steroid dienone is 4. The van der Waals surface area contributed by atoms with E-state index in [0.717, 1.165) is 86.2 Å². The number of fused-ring (bicyclic) bond motifs is 6. The van der Waals surface area contributed by atoms with Crippen LogP contribution in [-0.2, 0) is 6.42 Å². The van der Waals surface area contributed by atoms with Crippen molar-refractivity contribution in [2.45, 2.75) is 25.7 Å². The van der Waals surface area contributed by atoms with Gasteiger partial charge in [-0.15, -0.1) is 0 Å². The molecule has 0 unspecified atom stereocenters. The second kappa shape index (κ2) is 11.2. The van der Waals surface area contributed by atoms with Crippen LogP contribution in [0.3, 0.4) is 0 Å². The lowest BCUT2D eigenvalue weighted by Crippen LogP contribution is -2.07. The highest BCUT2D eigenvalue weighted by molar-refractivity contribution is 6.16. The van der Waals surface area contributed by atoms with Crippen LogP contribution in [-0.4, -0.2) is 15.0 Å². The maximum absolute atomic E-state index is 6.26. The van der Waals surface area contributed by atoms with Crippen LogP contribution in [0.5, 0.6) is 0 Å². The Bertz CT molecular complexity index is 2660. The first-order chi connectivity index (χ1) is 24.3. The zero-order valence-electron chi connectivity index (χ0n) is 26.9. The molecular formula is C45H31N3O. The average molecular weight is 630 g/mol. The Labute approximate surface area is 284 Å². The minimum atomic E-state index is 0.664. The monoisotopic (exact) mass is 629 g/mol. The normalized spacial score (nSPS) is 14.0. The van der Waals surface area contributed by atoms with Crippen molar-refractivity contribution in [1.29, 1.82) is 0 Å². The van der Waals surface area contributed by atoms with Gasteiger partial charge in [0.2, 0.25) is 0 Å². The first kappa shape index (κ1) is 27.9. The van der Waals surface area contributed by atoms with E-state index in [1.54, 1.807) is 0 Å². The van der Waals surface area contributed by atoms with Crippen molar-refractivity contribution in [2.24, 2.45) is 0 Å². The van der Waals surface area contributed by atoms with Crippen molar-refractivity contribution in [3.8, 4) is 45.3 Å².